The highest BCUT2D eigenvalue weighted by molar-refractivity contribution is 5.86. The number of fused-ring (bicyclic) bond motifs is 1. The predicted octanol–water partition coefficient (Wildman–Crippen LogP) is -1.78. The van der Waals surface area contributed by atoms with E-state index in [4.69, 9.17) is 23.4 Å². The number of aliphatic hydroxyl groups is 6. The van der Waals surface area contributed by atoms with E-state index in [1.807, 2.05) is 0 Å². The van der Waals surface area contributed by atoms with Crippen molar-refractivity contribution in [2.45, 2.75) is 55.3 Å². The smallest absolute Gasteiger partial charge is 0.229 e. The number of rotatable bonds is 6. The van der Waals surface area contributed by atoms with Crippen LogP contribution in [0.4, 0.5) is 0 Å². The second kappa shape index (κ2) is 11.4. The standard InChI is InChI=1S/C26H28O15/c27-7-18-21(34)22(35)24(41-25-23(36)20(33)14(32)8-37-25)26(40-18)39-16-3-9(1-2-11(16)29)15-6-13(31)19-12(30)4-10(28)5-17(19)38-15/h1-6,14,18,20-30,32-36H,7-8H2/t14-,18-,20+,21-,22+,23-,24-,25+,26-/m1/s1. The first-order chi connectivity index (χ1) is 19.5. The molecule has 2 fully saturated rings. The van der Waals surface area contributed by atoms with E-state index in [-0.39, 0.29) is 33.8 Å². The molecule has 9 N–H and O–H groups in total. The Morgan fingerprint density at radius 2 is 1.61 bits per heavy atom. The van der Waals surface area contributed by atoms with E-state index in [1.165, 1.54) is 18.2 Å². The van der Waals surface area contributed by atoms with Gasteiger partial charge >= 0.3 is 0 Å². The predicted molar refractivity (Wildman–Crippen MR) is 134 cm³/mol. The van der Waals surface area contributed by atoms with Crippen LogP contribution in [0.3, 0.4) is 0 Å². The van der Waals surface area contributed by atoms with Gasteiger partial charge in [0, 0.05) is 23.8 Å². The third-order valence-electron chi connectivity index (χ3n) is 6.85. The van der Waals surface area contributed by atoms with Crippen molar-refractivity contribution in [3.63, 3.8) is 0 Å². The lowest BCUT2D eigenvalue weighted by Gasteiger charge is -2.44. The van der Waals surface area contributed by atoms with Gasteiger partial charge in [0.15, 0.2) is 29.3 Å². The van der Waals surface area contributed by atoms with Crippen LogP contribution in [0.25, 0.3) is 22.3 Å². The Morgan fingerprint density at radius 1 is 0.854 bits per heavy atom. The van der Waals surface area contributed by atoms with Crippen LogP contribution >= 0.6 is 0 Å². The molecule has 222 valence electrons. The maximum Gasteiger partial charge on any atom is 0.229 e. The molecule has 0 spiro atoms. The van der Waals surface area contributed by atoms with E-state index < -0.39 is 85.4 Å². The van der Waals surface area contributed by atoms with E-state index >= 15 is 0 Å². The molecule has 9 atom stereocenters. The lowest BCUT2D eigenvalue weighted by molar-refractivity contribution is -0.345. The molecule has 2 aliphatic rings. The van der Waals surface area contributed by atoms with Gasteiger partial charge in [-0.3, -0.25) is 4.79 Å². The van der Waals surface area contributed by atoms with Crippen LogP contribution in [0.5, 0.6) is 23.0 Å². The van der Waals surface area contributed by atoms with Crippen molar-refractivity contribution >= 4 is 11.0 Å². The summed E-state index contributed by atoms with van der Waals surface area (Å²) < 4.78 is 27.8. The first kappa shape index (κ1) is 29.0. The van der Waals surface area contributed by atoms with E-state index in [0.717, 1.165) is 18.2 Å². The fraction of sp³-hybridized carbons (Fsp3) is 0.423. The van der Waals surface area contributed by atoms with Crippen LogP contribution in [-0.4, -0.2) is 114 Å². The van der Waals surface area contributed by atoms with Crippen molar-refractivity contribution in [1.82, 2.24) is 0 Å². The first-order valence-corrected chi connectivity index (χ1v) is 12.4. The largest absolute Gasteiger partial charge is 0.508 e. The van der Waals surface area contributed by atoms with Gasteiger partial charge in [-0.05, 0) is 18.2 Å². The van der Waals surface area contributed by atoms with Gasteiger partial charge in [0.1, 0.15) is 64.9 Å². The van der Waals surface area contributed by atoms with Gasteiger partial charge in [-0.15, -0.1) is 0 Å². The van der Waals surface area contributed by atoms with Crippen LogP contribution in [0.1, 0.15) is 0 Å². The number of ether oxygens (including phenoxy) is 4. The molecule has 2 aromatic carbocycles. The number of phenolic OH excluding ortho intramolecular Hbond substituents is 3. The summed E-state index contributed by atoms with van der Waals surface area (Å²) in [6.45, 7) is -1.17. The average Bonchev–Trinajstić information content (AvgIpc) is 2.93. The Kier molecular flexibility index (Phi) is 8.06. The van der Waals surface area contributed by atoms with Gasteiger partial charge in [-0.2, -0.15) is 0 Å². The van der Waals surface area contributed by atoms with Crippen LogP contribution in [0.2, 0.25) is 0 Å². The molecule has 15 nitrogen and oxygen atoms in total. The zero-order chi connectivity index (χ0) is 29.6. The summed E-state index contributed by atoms with van der Waals surface area (Å²) in [5, 5.41) is 90.9. The molecule has 0 saturated carbocycles. The molecule has 0 aliphatic carbocycles. The molecule has 3 aromatic rings. The minimum Gasteiger partial charge on any atom is -0.508 e. The molecule has 1 aromatic heterocycles. The SMILES string of the molecule is O=c1cc(-c2ccc(O)c(O[C@@H]3O[C@H](CO)[C@@H](O)[C@H](O)[C@H]3O[C@@H]3OC[C@@H](O)[C@H](O)[C@H]3O)c2)oc2cc(O)cc(O)c12. The second-order valence-corrected chi connectivity index (χ2v) is 9.67. The Balaban J connectivity index is 1.47. The highest BCUT2D eigenvalue weighted by Gasteiger charge is 2.50. The van der Waals surface area contributed by atoms with Gasteiger partial charge in [0.25, 0.3) is 0 Å². The van der Waals surface area contributed by atoms with Crippen LogP contribution < -0.4 is 10.2 Å². The summed E-state index contributed by atoms with van der Waals surface area (Å²) in [5.41, 5.74) is -0.555. The normalized spacial score (nSPS) is 32.2. The fourth-order valence-corrected chi connectivity index (χ4v) is 4.63. The summed E-state index contributed by atoms with van der Waals surface area (Å²) in [4.78, 5) is 12.7. The molecule has 0 unspecified atom stereocenters. The van der Waals surface area contributed by atoms with E-state index in [0.29, 0.717) is 0 Å². The highest BCUT2D eigenvalue weighted by Crippen LogP contribution is 2.37. The Labute approximate surface area is 230 Å². The fourth-order valence-electron chi connectivity index (χ4n) is 4.63. The molecule has 0 bridgehead atoms. The number of aromatic hydroxyl groups is 3. The van der Waals surface area contributed by atoms with Crippen molar-refractivity contribution in [3.05, 3.63) is 46.6 Å². The summed E-state index contributed by atoms with van der Waals surface area (Å²) in [6, 6.07) is 6.99. The van der Waals surface area contributed by atoms with Crippen molar-refractivity contribution in [1.29, 1.82) is 0 Å². The summed E-state index contributed by atoms with van der Waals surface area (Å²) in [6.07, 6.45) is -14.5. The van der Waals surface area contributed by atoms with Gasteiger partial charge < -0.3 is 69.3 Å². The maximum atomic E-state index is 12.7. The van der Waals surface area contributed by atoms with E-state index in [9.17, 15) is 50.8 Å². The summed E-state index contributed by atoms with van der Waals surface area (Å²) >= 11 is 0. The quantitative estimate of drug-likeness (QED) is 0.156. The number of aliphatic hydroxyl groups excluding tert-OH is 6. The maximum absolute atomic E-state index is 12.7. The van der Waals surface area contributed by atoms with Crippen LogP contribution in [0.15, 0.2) is 45.6 Å². The van der Waals surface area contributed by atoms with Crippen LogP contribution in [0, 0.1) is 0 Å². The number of benzene rings is 2. The molecular formula is C26H28O15. The molecule has 0 amide bonds. The minimum atomic E-state index is -1.78. The topological polar surface area (TPSA) is 249 Å². The zero-order valence-electron chi connectivity index (χ0n) is 21.0. The van der Waals surface area contributed by atoms with Crippen molar-refractivity contribution < 1.29 is 69.3 Å². The van der Waals surface area contributed by atoms with Gasteiger partial charge in [0.05, 0.1) is 13.2 Å². The Morgan fingerprint density at radius 3 is 2.34 bits per heavy atom. The molecule has 2 aliphatic heterocycles. The van der Waals surface area contributed by atoms with E-state index in [2.05, 4.69) is 0 Å². The third-order valence-corrected chi connectivity index (χ3v) is 6.85. The molecule has 41 heavy (non-hydrogen) atoms. The molecule has 0 radical (unpaired) electrons. The van der Waals surface area contributed by atoms with E-state index in [1.54, 1.807) is 0 Å². The van der Waals surface area contributed by atoms with Gasteiger partial charge in [0.2, 0.25) is 6.29 Å². The van der Waals surface area contributed by atoms with Crippen molar-refractivity contribution in [2.24, 2.45) is 0 Å². The van der Waals surface area contributed by atoms with Crippen molar-refractivity contribution in [2.75, 3.05) is 13.2 Å². The molecular weight excluding hydrogens is 552 g/mol. The van der Waals surface area contributed by atoms with Gasteiger partial charge in [-0.25, -0.2) is 0 Å². The lowest BCUT2D eigenvalue weighted by Crippen LogP contribution is -2.63. The number of phenols is 3. The Bertz CT molecular complexity index is 1460. The minimum absolute atomic E-state index is 0.0373. The average molecular weight is 580 g/mol. The molecule has 2 saturated heterocycles. The molecule has 5 rings (SSSR count). The number of hydrogen-bond donors (Lipinski definition) is 9. The van der Waals surface area contributed by atoms with Gasteiger partial charge in [-0.1, -0.05) is 0 Å². The molecule has 15 heteroatoms. The summed E-state index contributed by atoms with van der Waals surface area (Å²) in [7, 11) is 0. The third kappa shape index (κ3) is 5.54. The van der Waals surface area contributed by atoms with Crippen LogP contribution in [-0.2, 0) is 14.2 Å². The number of hydrogen-bond acceptors (Lipinski definition) is 15. The summed E-state index contributed by atoms with van der Waals surface area (Å²) in [5.74, 6) is -1.60. The molecule has 3 heterocycles. The highest BCUT2D eigenvalue weighted by atomic mass is 16.8. The van der Waals surface area contributed by atoms with Crippen molar-refractivity contribution in [3.8, 4) is 34.3 Å². The zero-order valence-corrected chi connectivity index (χ0v) is 21.0. The monoisotopic (exact) mass is 580 g/mol. The first-order valence-electron chi connectivity index (χ1n) is 12.4. The lowest BCUT2D eigenvalue weighted by atomic mass is 9.98. The second-order valence-electron chi connectivity index (χ2n) is 9.67. The Hall–Kier alpha value is -3.51.